The number of aryl methyl sites for hydroxylation is 1. The van der Waals surface area contributed by atoms with E-state index in [1.807, 2.05) is 31.2 Å². The number of sulfonamides is 1. The summed E-state index contributed by atoms with van der Waals surface area (Å²) in [6.45, 7) is 6.06. The van der Waals surface area contributed by atoms with Crippen LogP contribution in [0.5, 0.6) is 5.75 Å². The minimum Gasteiger partial charge on any atom is -0.497 e. The van der Waals surface area contributed by atoms with E-state index in [0.717, 1.165) is 23.3 Å². The molecule has 180 valence electrons. The summed E-state index contributed by atoms with van der Waals surface area (Å²) < 4.78 is 33.0. The number of benzene rings is 3. The normalized spacial score (nSPS) is 12.3. The van der Waals surface area contributed by atoms with Crippen molar-refractivity contribution in [3.8, 4) is 5.75 Å². The SMILES string of the molecule is COc1ccc([C@H](CC(C)C)NC(=O)c2ccc(NS(=O)(=O)c3ccc(C)cc3)cc2Cl)cc1. The van der Waals surface area contributed by atoms with Gasteiger partial charge in [0.15, 0.2) is 0 Å². The number of halogens is 1. The van der Waals surface area contributed by atoms with Gasteiger partial charge in [-0.25, -0.2) is 8.42 Å². The third kappa shape index (κ3) is 6.52. The maximum absolute atomic E-state index is 13.0. The first-order chi connectivity index (χ1) is 16.1. The fraction of sp³-hybridized carbons (Fsp3) is 0.269. The van der Waals surface area contributed by atoms with E-state index >= 15 is 0 Å². The number of nitrogens with one attached hydrogen (secondary N) is 2. The number of anilines is 1. The highest BCUT2D eigenvalue weighted by molar-refractivity contribution is 7.92. The zero-order valence-corrected chi connectivity index (χ0v) is 21.2. The van der Waals surface area contributed by atoms with Crippen LogP contribution in [0.15, 0.2) is 71.6 Å². The Morgan fingerprint density at radius 1 is 1.00 bits per heavy atom. The Bertz CT molecular complexity index is 1240. The average molecular weight is 501 g/mol. The van der Waals surface area contributed by atoms with Crippen LogP contribution in [0.1, 0.15) is 47.8 Å². The van der Waals surface area contributed by atoms with Gasteiger partial charge in [0.2, 0.25) is 0 Å². The van der Waals surface area contributed by atoms with E-state index in [1.165, 1.54) is 30.3 Å². The molecule has 0 bridgehead atoms. The Labute approximate surface area is 206 Å². The van der Waals surface area contributed by atoms with Gasteiger partial charge in [-0.1, -0.05) is 55.3 Å². The molecule has 0 unspecified atom stereocenters. The number of rotatable bonds is 9. The highest BCUT2D eigenvalue weighted by Crippen LogP contribution is 2.27. The van der Waals surface area contributed by atoms with Gasteiger partial charge >= 0.3 is 0 Å². The second-order valence-corrected chi connectivity index (χ2v) is 10.6. The summed E-state index contributed by atoms with van der Waals surface area (Å²) in [4.78, 5) is 13.2. The van der Waals surface area contributed by atoms with Crippen LogP contribution in [0.4, 0.5) is 5.69 Å². The molecule has 3 aromatic rings. The van der Waals surface area contributed by atoms with Crippen molar-refractivity contribution in [3.63, 3.8) is 0 Å². The van der Waals surface area contributed by atoms with Gasteiger partial charge in [-0.3, -0.25) is 9.52 Å². The molecule has 8 heteroatoms. The summed E-state index contributed by atoms with van der Waals surface area (Å²) in [5.41, 5.74) is 2.46. The number of carbonyl (C=O) groups excluding carboxylic acids is 1. The van der Waals surface area contributed by atoms with Crippen LogP contribution in [0.3, 0.4) is 0 Å². The van der Waals surface area contributed by atoms with E-state index in [4.69, 9.17) is 16.3 Å². The summed E-state index contributed by atoms with van der Waals surface area (Å²) in [6, 6.07) is 18.4. The highest BCUT2D eigenvalue weighted by atomic mass is 35.5. The maximum Gasteiger partial charge on any atom is 0.261 e. The first kappa shape index (κ1) is 25.6. The molecular weight excluding hydrogens is 472 g/mol. The van der Waals surface area contributed by atoms with Crippen molar-refractivity contribution in [1.29, 1.82) is 0 Å². The second kappa shape index (κ2) is 10.9. The molecule has 0 saturated carbocycles. The van der Waals surface area contributed by atoms with Gasteiger partial charge in [-0.15, -0.1) is 0 Å². The summed E-state index contributed by atoms with van der Waals surface area (Å²) in [5, 5.41) is 3.21. The van der Waals surface area contributed by atoms with Gasteiger partial charge in [-0.2, -0.15) is 0 Å². The molecule has 0 aliphatic rings. The summed E-state index contributed by atoms with van der Waals surface area (Å²) in [6.07, 6.45) is 0.740. The molecule has 0 spiro atoms. The Balaban J connectivity index is 1.78. The number of ether oxygens (including phenoxy) is 1. The number of carbonyl (C=O) groups is 1. The Morgan fingerprint density at radius 2 is 1.65 bits per heavy atom. The Morgan fingerprint density at radius 3 is 2.21 bits per heavy atom. The van der Waals surface area contributed by atoms with E-state index in [1.54, 1.807) is 19.2 Å². The fourth-order valence-electron chi connectivity index (χ4n) is 3.52. The first-order valence-electron chi connectivity index (χ1n) is 10.9. The minimum absolute atomic E-state index is 0.145. The fourth-order valence-corrected chi connectivity index (χ4v) is 4.83. The lowest BCUT2D eigenvalue weighted by Gasteiger charge is -2.22. The average Bonchev–Trinajstić information content (AvgIpc) is 2.78. The van der Waals surface area contributed by atoms with Crippen molar-refractivity contribution in [2.75, 3.05) is 11.8 Å². The summed E-state index contributed by atoms with van der Waals surface area (Å²) in [5.74, 6) is 0.755. The molecule has 0 saturated heterocycles. The van der Waals surface area contributed by atoms with Crippen LogP contribution in [-0.4, -0.2) is 21.4 Å². The van der Waals surface area contributed by atoms with E-state index in [-0.39, 0.29) is 33.1 Å². The van der Waals surface area contributed by atoms with Crippen molar-refractivity contribution >= 4 is 33.2 Å². The van der Waals surface area contributed by atoms with Gasteiger partial charge in [0.25, 0.3) is 15.9 Å². The Kier molecular flexibility index (Phi) is 8.23. The van der Waals surface area contributed by atoms with Crippen molar-refractivity contribution in [2.24, 2.45) is 5.92 Å². The number of amides is 1. The molecule has 34 heavy (non-hydrogen) atoms. The Hall–Kier alpha value is -3.03. The molecule has 0 aliphatic heterocycles. The monoisotopic (exact) mass is 500 g/mol. The zero-order chi connectivity index (χ0) is 24.9. The van der Waals surface area contributed by atoms with Gasteiger partial charge < -0.3 is 10.1 Å². The summed E-state index contributed by atoms with van der Waals surface area (Å²) in [7, 11) is -2.17. The summed E-state index contributed by atoms with van der Waals surface area (Å²) >= 11 is 6.38. The van der Waals surface area contributed by atoms with Crippen molar-refractivity contribution in [1.82, 2.24) is 5.32 Å². The second-order valence-electron chi connectivity index (χ2n) is 8.54. The standard InChI is InChI=1S/C26H29ClN2O4S/c1-17(2)15-25(19-7-10-21(33-4)11-8-19)28-26(30)23-14-9-20(16-24(23)27)29-34(31,32)22-12-5-18(3)6-13-22/h5-14,16-17,25,29H,15H2,1-4H3,(H,28,30)/t25-/m0/s1. The quantitative estimate of drug-likeness (QED) is 0.378. The van der Waals surface area contributed by atoms with Gasteiger partial charge in [0.05, 0.1) is 34.3 Å². The lowest BCUT2D eigenvalue weighted by Crippen LogP contribution is -2.29. The largest absolute Gasteiger partial charge is 0.497 e. The molecule has 3 aromatic carbocycles. The molecule has 1 amide bonds. The van der Waals surface area contributed by atoms with E-state index in [9.17, 15) is 13.2 Å². The lowest BCUT2D eigenvalue weighted by molar-refractivity contribution is 0.0932. The maximum atomic E-state index is 13.0. The van der Waals surface area contributed by atoms with Gasteiger partial charge in [0, 0.05) is 0 Å². The zero-order valence-electron chi connectivity index (χ0n) is 19.6. The third-order valence-corrected chi connectivity index (χ3v) is 7.04. The van der Waals surface area contributed by atoms with Crippen molar-refractivity contribution in [3.05, 3.63) is 88.4 Å². The highest BCUT2D eigenvalue weighted by Gasteiger charge is 2.20. The van der Waals surface area contributed by atoms with Crippen molar-refractivity contribution < 1.29 is 17.9 Å². The number of hydrogen-bond donors (Lipinski definition) is 2. The van der Waals surface area contributed by atoms with Crippen LogP contribution in [0.2, 0.25) is 5.02 Å². The molecule has 0 aliphatic carbocycles. The number of hydrogen-bond acceptors (Lipinski definition) is 4. The van der Waals surface area contributed by atoms with Crippen LogP contribution in [0.25, 0.3) is 0 Å². The van der Waals surface area contributed by atoms with E-state index in [0.29, 0.717) is 5.92 Å². The van der Waals surface area contributed by atoms with Gasteiger partial charge in [0.1, 0.15) is 5.75 Å². The number of methoxy groups -OCH3 is 1. The van der Waals surface area contributed by atoms with Crippen LogP contribution in [-0.2, 0) is 10.0 Å². The topological polar surface area (TPSA) is 84.5 Å². The molecule has 3 rings (SSSR count). The van der Waals surface area contributed by atoms with E-state index < -0.39 is 10.0 Å². The predicted molar refractivity (Wildman–Crippen MR) is 136 cm³/mol. The first-order valence-corrected chi connectivity index (χ1v) is 12.8. The third-order valence-electron chi connectivity index (χ3n) is 5.33. The van der Waals surface area contributed by atoms with Crippen LogP contribution >= 0.6 is 11.6 Å². The van der Waals surface area contributed by atoms with E-state index in [2.05, 4.69) is 23.9 Å². The van der Waals surface area contributed by atoms with Crippen molar-refractivity contribution in [2.45, 2.75) is 38.1 Å². The molecule has 6 nitrogen and oxygen atoms in total. The molecule has 0 radical (unpaired) electrons. The lowest BCUT2D eigenvalue weighted by atomic mass is 9.96. The van der Waals surface area contributed by atoms with Crippen LogP contribution < -0.4 is 14.8 Å². The van der Waals surface area contributed by atoms with Crippen LogP contribution in [0, 0.1) is 12.8 Å². The minimum atomic E-state index is -3.77. The predicted octanol–water partition coefficient (Wildman–Crippen LogP) is 5.98. The van der Waals surface area contributed by atoms with Gasteiger partial charge in [-0.05, 0) is 67.3 Å². The molecule has 1 atom stereocenters. The molecule has 0 aromatic heterocycles. The smallest absolute Gasteiger partial charge is 0.261 e. The molecule has 2 N–H and O–H groups in total. The molecule has 0 fully saturated rings. The molecule has 0 heterocycles. The molecular formula is C26H29ClN2O4S.